The molecule has 1 N–H and O–H groups in total. The third-order valence-electron chi connectivity index (χ3n) is 12.1. The lowest BCUT2D eigenvalue weighted by Gasteiger charge is -2.31. The predicted molar refractivity (Wildman–Crippen MR) is 262 cm³/mol. The molecule has 62 heavy (non-hydrogen) atoms. The quantitative estimate of drug-likeness (QED) is 0.0281. The van der Waals surface area contributed by atoms with Gasteiger partial charge < -0.3 is 23.8 Å². The molecule has 8 nitrogen and oxygen atoms in total. The van der Waals surface area contributed by atoms with Crippen LogP contribution in [0.25, 0.3) is 0 Å². The number of carboxylic acid groups (broad SMARTS) is 1. The summed E-state index contributed by atoms with van der Waals surface area (Å²) in [4.78, 5) is 37.2. The van der Waals surface area contributed by atoms with Crippen molar-refractivity contribution in [2.45, 2.75) is 264 Å². The van der Waals surface area contributed by atoms with E-state index < -0.39 is 18.1 Å². The molecule has 0 amide bonds. The van der Waals surface area contributed by atoms with Gasteiger partial charge in [-0.05, 0) is 44.9 Å². The molecule has 8 heteroatoms. The molecule has 0 aliphatic carbocycles. The Morgan fingerprint density at radius 3 is 1.27 bits per heavy atom. The van der Waals surface area contributed by atoms with Gasteiger partial charge in [0.1, 0.15) is 6.61 Å². The Kier molecular flexibility index (Phi) is 43.8. The summed E-state index contributed by atoms with van der Waals surface area (Å²) in [5.41, 5.74) is 0. The molecule has 0 aliphatic rings. The number of likely N-dealkylation sites (N-methyl/N-ethyl adjacent to an activating group) is 1. The number of rotatable bonds is 48. The average Bonchev–Trinajstić information content (AvgIpc) is 3.23. The maximum atomic E-state index is 12.8. The Bertz CT molecular complexity index is 1070. The van der Waals surface area contributed by atoms with E-state index in [0.717, 1.165) is 51.4 Å². The molecule has 2 atom stereocenters. The standard InChI is InChI=1S/C54H101NO7/c1-6-8-10-12-14-16-18-20-22-24-25-26-27-29-30-32-34-36-38-40-42-44-52(56)61-49-50(48-60-47-46-51(54(58)59)55(3,4)5)62-53(57)45-43-41-39-37-35-33-31-28-23-21-19-17-15-13-11-9-7-2/h15,17,21,23,50-51H,6-14,16,18-20,22,24-49H2,1-5H3/p+1/b17-15+,23-21+. The Morgan fingerprint density at radius 2 is 0.855 bits per heavy atom. The lowest BCUT2D eigenvalue weighted by Crippen LogP contribution is -2.50. The number of ether oxygens (including phenoxy) is 3. The molecule has 0 radical (unpaired) electrons. The van der Waals surface area contributed by atoms with E-state index in [1.165, 1.54) is 167 Å². The minimum absolute atomic E-state index is 0.0492. The van der Waals surface area contributed by atoms with Crippen molar-refractivity contribution in [2.24, 2.45) is 0 Å². The molecule has 0 aromatic heterocycles. The van der Waals surface area contributed by atoms with Crippen LogP contribution < -0.4 is 0 Å². The van der Waals surface area contributed by atoms with Gasteiger partial charge in [-0.15, -0.1) is 0 Å². The maximum Gasteiger partial charge on any atom is 0.362 e. The molecule has 0 aromatic carbocycles. The highest BCUT2D eigenvalue weighted by Gasteiger charge is 2.31. The molecule has 2 unspecified atom stereocenters. The second-order valence-corrected chi connectivity index (χ2v) is 19.1. The number of aliphatic carboxylic acids is 1. The summed E-state index contributed by atoms with van der Waals surface area (Å²) in [6, 6.07) is -0.614. The molecule has 0 rings (SSSR count). The van der Waals surface area contributed by atoms with Gasteiger partial charge in [0.05, 0.1) is 34.4 Å². The highest BCUT2D eigenvalue weighted by atomic mass is 16.6. The third-order valence-corrected chi connectivity index (χ3v) is 12.1. The number of carboxylic acids is 1. The van der Waals surface area contributed by atoms with Crippen LogP contribution in [0.1, 0.15) is 251 Å². The summed E-state index contributed by atoms with van der Waals surface area (Å²) in [7, 11) is 5.54. The first-order valence-corrected chi connectivity index (χ1v) is 26.4. The van der Waals surface area contributed by atoms with E-state index in [4.69, 9.17) is 14.2 Å². The van der Waals surface area contributed by atoms with E-state index in [1.807, 2.05) is 21.1 Å². The van der Waals surface area contributed by atoms with Crippen molar-refractivity contribution in [3.63, 3.8) is 0 Å². The number of hydrogen-bond donors (Lipinski definition) is 1. The number of carbonyl (C=O) groups is 3. The molecular weight excluding hydrogens is 775 g/mol. The van der Waals surface area contributed by atoms with E-state index in [9.17, 15) is 19.5 Å². The largest absolute Gasteiger partial charge is 0.477 e. The zero-order valence-corrected chi connectivity index (χ0v) is 41.6. The van der Waals surface area contributed by atoms with Crippen molar-refractivity contribution in [2.75, 3.05) is 41.0 Å². The highest BCUT2D eigenvalue weighted by molar-refractivity contribution is 5.72. The molecule has 0 fully saturated rings. The van der Waals surface area contributed by atoms with Gasteiger partial charge in [-0.1, -0.05) is 212 Å². The van der Waals surface area contributed by atoms with E-state index in [1.54, 1.807) is 0 Å². The number of allylic oxidation sites excluding steroid dienone is 4. The van der Waals surface area contributed by atoms with E-state index in [-0.39, 0.29) is 36.2 Å². The van der Waals surface area contributed by atoms with Crippen LogP contribution in [0, 0.1) is 0 Å². The van der Waals surface area contributed by atoms with Crippen LogP contribution in [0.15, 0.2) is 24.3 Å². The van der Waals surface area contributed by atoms with E-state index >= 15 is 0 Å². The number of nitrogens with zero attached hydrogens (tertiary/aromatic N) is 1. The van der Waals surface area contributed by atoms with Gasteiger partial charge in [0, 0.05) is 19.3 Å². The summed E-state index contributed by atoms with van der Waals surface area (Å²) < 4.78 is 17.4. The summed E-state index contributed by atoms with van der Waals surface area (Å²) in [6.45, 7) is 4.75. The van der Waals surface area contributed by atoms with Crippen molar-refractivity contribution in [1.29, 1.82) is 0 Å². The van der Waals surface area contributed by atoms with E-state index in [0.29, 0.717) is 19.3 Å². The van der Waals surface area contributed by atoms with Gasteiger partial charge in [0.15, 0.2) is 12.1 Å². The fourth-order valence-electron chi connectivity index (χ4n) is 8.01. The van der Waals surface area contributed by atoms with Gasteiger partial charge in [-0.2, -0.15) is 0 Å². The smallest absolute Gasteiger partial charge is 0.362 e. The van der Waals surface area contributed by atoms with Gasteiger partial charge in [0.2, 0.25) is 0 Å². The maximum absolute atomic E-state index is 12.8. The van der Waals surface area contributed by atoms with Crippen molar-refractivity contribution >= 4 is 17.9 Å². The lowest BCUT2D eigenvalue weighted by atomic mass is 10.0. The molecule has 364 valence electrons. The number of hydrogen-bond acceptors (Lipinski definition) is 6. The Hall–Kier alpha value is -2.19. The molecule has 0 saturated heterocycles. The van der Waals surface area contributed by atoms with Crippen LogP contribution in [-0.2, 0) is 28.6 Å². The zero-order chi connectivity index (χ0) is 45.6. The molecule has 0 aliphatic heterocycles. The minimum Gasteiger partial charge on any atom is -0.477 e. The Morgan fingerprint density at radius 1 is 0.484 bits per heavy atom. The second kappa shape index (κ2) is 45.4. The summed E-state index contributed by atoms with van der Waals surface area (Å²) in [5, 5.41) is 9.65. The van der Waals surface area contributed by atoms with Crippen molar-refractivity contribution < 1.29 is 38.2 Å². The molecule has 0 saturated carbocycles. The van der Waals surface area contributed by atoms with Crippen LogP contribution in [0.3, 0.4) is 0 Å². The number of carbonyl (C=O) groups excluding carboxylic acids is 2. The zero-order valence-electron chi connectivity index (χ0n) is 41.6. The van der Waals surface area contributed by atoms with Crippen LogP contribution >= 0.6 is 0 Å². The Labute approximate surface area is 383 Å². The van der Waals surface area contributed by atoms with Gasteiger partial charge in [-0.25, -0.2) is 4.79 Å². The number of unbranched alkanes of at least 4 members (excludes halogenated alkanes) is 30. The summed E-state index contributed by atoms with van der Waals surface area (Å²) in [6.07, 6.45) is 52.3. The average molecular weight is 877 g/mol. The minimum atomic E-state index is -0.873. The predicted octanol–water partition coefficient (Wildman–Crippen LogP) is 15.2. The van der Waals surface area contributed by atoms with Crippen LogP contribution in [0.2, 0.25) is 0 Å². The fraction of sp³-hybridized carbons (Fsp3) is 0.870. The first-order chi connectivity index (χ1) is 30.1. The van der Waals surface area contributed by atoms with Crippen LogP contribution in [-0.4, -0.2) is 80.6 Å². The topological polar surface area (TPSA) is 99.1 Å². The SMILES string of the molecule is CCCCC/C=C/C/C=C/CCCCCCCCCC(=O)OC(COCCC(C(=O)O)[N+](C)(C)C)COC(=O)CCCCCCCCCCCCCCCCCCCCCCC. The van der Waals surface area contributed by atoms with Crippen molar-refractivity contribution in [1.82, 2.24) is 0 Å². The second-order valence-electron chi connectivity index (χ2n) is 19.1. The van der Waals surface area contributed by atoms with Gasteiger partial charge in [0.25, 0.3) is 0 Å². The van der Waals surface area contributed by atoms with Crippen LogP contribution in [0.5, 0.6) is 0 Å². The van der Waals surface area contributed by atoms with Crippen molar-refractivity contribution in [3.05, 3.63) is 24.3 Å². The van der Waals surface area contributed by atoms with Crippen molar-refractivity contribution in [3.8, 4) is 0 Å². The summed E-state index contributed by atoms with van der Waals surface area (Å²) >= 11 is 0. The monoisotopic (exact) mass is 877 g/mol. The molecular formula is C54H102NO7+. The molecule has 0 heterocycles. The van der Waals surface area contributed by atoms with Gasteiger partial charge in [-0.3, -0.25) is 9.59 Å². The van der Waals surface area contributed by atoms with Crippen LogP contribution in [0.4, 0.5) is 0 Å². The first-order valence-electron chi connectivity index (χ1n) is 26.4. The van der Waals surface area contributed by atoms with Gasteiger partial charge >= 0.3 is 17.9 Å². The van der Waals surface area contributed by atoms with E-state index in [2.05, 4.69) is 38.2 Å². The highest BCUT2D eigenvalue weighted by Crippen LogP contribution is 2.17. The summed E-state index contributed by atoms with van der Waals surface area (Å²) in [5.74, 6) is -1.46. The third kappa shape index (κ3) is 43.1. The molecule has 0 aromatic rings. The molecule has 0 spiro atoms. The lowest BCUT2D eigenvalue weighted by molar-refractivity contribution is -0.887. The fourth-order valence-corrected chi connectivity index (χ4v) is 8.01. The first kappa shape index (κ1) is 59.8. The molecule has 0 bridgehead atoms. The normalized spacial score (nSPS) is 13.0. The number of esters is 2. The Balaban J connectivity index is 4.19. The number of quaternary nitrogens is 1.